The lowest BCUT2D eigenvalue weighted by Crippen LogP contribution is -2.46. The number of carboxylic acid groups (broad SMARTS) is 1. The summed E-state index contributed by atoms with van der Waals surface area (Å²) in [5.41, 5.74) is 1.23. The Kier molecular flexibility index (Phi) is 5.12. The van der Waals surface area contributed by atoms with Gasteiger partial charge in [-0.2, -0.15) is 5.26 Å². The predicted molar refractivity (Wildman–Crippen MR) is 77.8 cm³/mol. The maximum atomic E-state index is 12.2. The molecule has 116 valence electrons. The fourth-order valence-electron chi connectivity index (χ4n) is 2.83. The van der Waals surface area contributed by atoms with E-state index in [1.807, 2.05) is 6.07 Å². The summed E-state index contributed by atoms with van der Waals surface area (Å²) in [6.45, 7) is 0.703. The van der Waals surface area contributed by atoms with E-state index in [1.54, 1.807) is 36.3 Å². The molecule has 0 aliphatic carbocycles. The number of carboxylic acids is 1. The number of likely N-dealkylation sites (tertiary alicyclic amines) is 1. The van der Waals surface area contributed by atoms with E-state index in [0.29, 0.717) is 25.1 Å². The summed E-state index contributed by atoms with van der Waals surface area (Å²) in [6, 6.07) is 8.22. The minimum atomic E-state index is -0.913. The van der Waals surface area contributed by atoms with Gasteiger partial charge >= 0.3 is 5.97 Å². The van der Waals surface area contributed by atoms with Crippen molar-refractivity contribution < 1.29 is 19.4 Å². The Morgan fingerprint density at radius 2 is 2.14 bits per heavy atom. The molecule has 0 spiro atoms. The molecule has 0 radical (unpaired) electrons. The average Bonchev–Trinajstić information content (AvgIpc) is 2.53. The normalized spacial score (nSPS) is 21.5. The lowest BCUT2D eigenvalue weighted by atomic mass is 9.84. The maximum Gasteiger partial charge on any atom is 0.308 e. The molecule has 1 saturated heterocycles. The molecular weight excluding hydrogens is 284 g/mol. The Morgan fingerprint density at radius 1 is 1.45 bits per heavy atom. The van der Waals surface area contributed by atoms with Crippen LogP contribution in [0.2, 0.25) is 0 Å². The fourth-order valence-corrected chi connectivity index (χ4v) is 2.83. The van der Waals surface area contributed by atoms with Crippen LogP contribution in [0.1, 0.15) is 30.0 Å². The largest absolute Gasteiger partial charge is 0.481 e. The Balaban J connectivity index is 2.37. The third kappa shape index (κ3) is 3.26. The summed E-state index contributed by atoms with van der Waals surface area (Å²) in [4.78, 5) is 25.3. The predicted octanol–water partition coefficient (Wildman–Crippen LogP) is 1.57. The van der Waals surface area contributed by atoms with E-state index in [4.69, 9.17) is 10.00 Å². The van der Waals surface area contributed by atoms with Crippen molar-refractivity contribution in [2.75, 3.05) is 20.3 Å². The van der Waals surface area contributed by atoms with Crippen molar-refractivity contribution in [1.82, 2.24) is 4.90 Å². The zero-order valence-electron chi connectivity index (χ0n) is 12.4. The van der Waals surface area contributed by atoms with E-state index < -0.39 is 17.9 Å². The first-order valence-corrected chi connectivity index (χ1v) is 7.09. The Bertz CT molecular complexity index is 591. The van der Waals surface area contributed by atoms with Crippen LogP contribution >= 0.6 is 0 Å². The van der Waals surface area contributed by atoms with Crippen LogP contribution in [0.15, 0.2) is 24.3 Å². The van der Waals surface area contributed by atoms with Gasteiger partial charge in [-0.3, -0.25) is 9.59 Å². The van der Waals surface area contributed by atoms with Gasteiger partial charge in [-0.25, -0.2) is 0 Å². The summed E-state index contributed by atoms with van der Waals surface area (Å²) in [6.07, 6.45) is 0.551. The van der Waals surface area contributed by atoms with Gasteiger partial charge in [-0.05, 0) is 24.1 Å². The Morgan fingerprint density at radius 3 is 2.68 bits per heavy atom. The summed E-state index contributed by atoms with van der Waals surface area (Å²) in [7, 11) is 1.54. The van der Waals surface area contributed by atoms with Gasteiger partial charge in [-0.1, -0.05) is 12.1 Å². The molecule has 22 heavy (non-hydrogen) atoms. The number of carbonyl (C=O) groups is 2. The van der Waals surface area contributed by atoms with E-state index in [0.717, 1.165) is 5.56 Å². The summed E-state index contributed by atoms with van der Waals surface area (Å²) < 4.78 is 5.02. The molecule has 2 rings (SSSR count). The number of piperidine rings is 1. The van der Waals surface area contributed by atoms with Gasteiger partial charge < -0.3 is 14.7 Å². The monoisotopic (exact) mass is 302 g/mol. The summed E-state index contributed by atoms with van der Waals surface area (Å²) in [5.74, 6) is -1.63. The minimum absolute atomic E-state index is 0.0658. The molecule has 2 atom stereocenters. The van der Waals surface area contributed by atoms with Gasteiger partial charge in [-0.15, -0.1) is 0 Å². The number of rotatable bonds is 5. The molecule has 0 aromatic heterocycles. The third-order valence-electron chi connectivity index (χ3n) is 3.94. The number of hydrogen-bond donors (Lipinski definition) is 1. The van der Waals surface area contributed by atoms with Gasteiger partial charge in [0.15, 0.2) is 0 Å². The van der Waals surface area contributed by atoms with E-state index in [1.165, 1.54) is 0 Å². The van der Waals surface area contributed by atoms with Crippen LogP contribution in [0.25, 0.3) is 0 Å². The van der Waals surface area contributed by atoms with Gasteiger partial charge in [0, 0.05) is 20.1 Å². The van der Waals surface area contributed by atoms with Crippen LogP contribution in [-0.4, -0.2) is 42.1 Å². The molecule has 1 heterocycles. The second kappa shape index (κ2) is 7.05. The van der Waals surface area contributed by atoms with Crippen molar-refractivity contribution in [2.45, 2.75) is 18.9 Å². The molecule has 1 fully saturated rings. The number of benzene rings is 1. The van der Waals surface area contributed by atoms with Crippen LogP contribution in [0.5, 0.6) is 0 Å². The molecule has 6 heteroatoms. The average molecular weight is 302 g/mol. The fraction of sp³-hybridized carbons (Fsp3) is 0.438. The van der Waals surface area contributed by atoms with Gasteiger partial charge in [0.2, 0.25) is 5.91 Å². The summed E-state index contributed by atoms with van der Waals surface area (Å²) >= 11 is 0. The minimum Gasteiger partial charge on any atom is -0.481 e. The van der Waals surface area contributed by atoms with E-state index in [2.05, 4.69) is 0 Å². The summed E-state index contributed by atoms with van der Waals surface area (Å²) in [5, 5.41) is 18.3. The molecule has 1 aromatic carbocycles. The highest BCUT2D eigenvalue weighted by molar-refractivity contribution is 5.81. The van der Waals surface area contributed by atoms with Crippen LogP contribution in [0.3, 0.4) is 0 Å². The molecule has 1 N–H and O–H groups in total. The molecule has 1 aliphatic heterocycles. The first kappa shape index (κ1) is 16.0. The lowest BCUT2D eigenvalue weighted by molar-refractivity contribution is -0.152. The van der Waals surface area contributed by atoms with Crippen molar-refractivity contribution in [1.29, 1.82) is 5.26 Å². The van der Waals surface area contributed by atoms with Crippen molar-refractivity contribution >= 4 is 11.9 Å². The smallest absolute Gasteiger partial charge is 0.308 e. The first-order valence-electron chi connectivity index (χ1n) is 7.09. The van der Waals surface area contributed by atoms with Gasteiger partial charge in [0.25, 0.3) is 0 Å². The van der Waals surface area contributed by atoms with Crippen LogP contribution in [0, 0.1) is 17.2 Å². The van der Waals surface area contributed by atoms with Crippen molar-refractivity contribution in [3.8, 4) is 6.07 Å². The highest BCUT2D eigenvalue weighted by Gasteiger charge is 2.40. The lowest BCUT2D eigenvalue weighted by Gasteiger charge is -2.39. The molecule has 0 bridgehead atoms. The standard InChI is InChI=1S/C16H18N2O4/c1-22-9-8-18-14(19)7-6-13(16(20)21)15(18)12-4-2-11(10-17)3-5-12/h2-5,13,15H,6-9H2,1H3,(H,20,21). The van der Waals surface area contributed by atoms with E-state index in [-0.39, 0.29) is 12.3 Å². The highest BCUT2D eigenvalue weighted by atomic mass is 16.5. The van der Waals surface area contributed by atoms with Gasteiger partial charge in [0.05, 0.1) is 30.2 Å². The SMILES string of the molecule is COCCN1C(=O)CCC(C(=O)O)C1c1ccc(C#N)cc1. The quantitative estimate of drug-likeness (QED) is 0.891. The topological polar surface area (TPSA) is 90.6 Å². The molecular formula is C16H18N2O4. The highest BCUT2D eigenvalue weighted by Crippen LogP contribution is 2.36. The number of methoxy groups -OCH3 is 1. The number of nitriles is 1. The third-order valence-corrected chi connectivity index (χ3v) is 3.94. The zero-order chi connectivity index (χ0) is 16.1. The molecule has 0 saturated carbocycles. The number of hydrogen-bond acceptors (Lipinski definition) is 4. The Labute approximate surface area is 128 Å². The van der Waals surface area contributed by atoms with Crippen LogP contribution < -0.4 is 0 Å². The van der Waals surface area contributed by atoms with Crippen LogP contribution in [-0.2, 0) is 14.3 Å². The molecule has 1 aliphatic rings. The first-order chi connectivity index (χ1) is 10.6. The number of amides is 1. The maximum absolute atomic E-state index is 12.2. The van der Waals surface area contributed by atoms with E-state index in [9.17, 15) is 14.7 Å². The van der Waals surface area contributed by atoms with Crippen LogP contribution in [0.4, 0.5) is 0 Å². The van der Waals surface area contributed by atoms with Crippen molar-refractivity contribution in [3.05, 3.63) is 35.4 Å². The number of ether oxygens (including phenoxy) is 1. The van der Waals surface area contributed by atoms with Crippen molar-refractivity contribution in [2.24, 2.45) is 5.92 Å². The second-order valence-corrected chi connectivity index (χ2v) is 5.24. The van der Waals surface area contributed by atoms with Gasteiger partial charge in [0.1, 0.15) is 0 Å². The van der Waals surface area contributed by atoms with Crippen molar-refractivity contribution in [3.63, 3.8) is 0 Å². The number of carbonyl (C=O) groups excluding carboxylic acids is 1. The molecule has 1 aromatic rings. The van der Waals surface area contributed by atoms with E-state index >= 15 is 0 Å². The second-order valence-electron chi connectivity index (χ2n) is 5.24. The number of nitrogens with zero attached hydrogens (tertiary/aromatic N) is 2. The molecule has 2 unspecified atom stereocenters. The zero-order valence-corrected chi connectivity index (χ0v) is 12.4. The number of aliphatic carboxylic acids is 1. The molecule has 1 amide bonds. The Hall–Kier alpha value is -2.39. The molecule has 6 nitrogen and oxygen atoms in total.